The number of aromatic nitrogens is 2. The minimum atomic E-state index is -0.0881. The van der Waals surface area contributed by atoms with Crippen molar-refractivity contribution >= 4 is 35.0 Å². The minimum absolute atomic E-state index is 0.0881. The molecule has 1 aromatic heterocycles. The third-order valence-corrected chi connectivity index (χ3v) is 4.49. The van der Waals surface area contributed by atoms with E-state index in [1.807, 2.05) is 33.8 Å². The molecule has 22 heavy (non-hydrogen) atoms. The van der Waals surface area contributed by atoms with Crippen LogP contribution < -0.4 is 5.32 Å². The summed E-state index contributed by atoms with van der Waals surface area (Å²) in [5, 5.41) is 4.16. The molecule has 0 unspecified atom stereocenters. The predicted molar refractivity (Wildman–Crippen MR) is 91.8 cm³/mol. The number of nitrogens with zero attached hydrogens (tertiary/aromatic N) is 2. The number of benzene rings is 1. The standard InChI is InChI=1S/C16H18ClN3OS/c1-9-7-13(17)5-6-14(9)20-15(21)8-22-16-18-11(3)10(2)12(4)19-16/h5-7H,8H2,1-4H3,(H,20,21). The van der Waals surface area contributed by atoms with Gasteiger partial charge in [0.05, 0.1) is 5.75 Å². The van der Waals surface area contributed by atoms with E-state index in [0.717, 1.165) is 28.2 Å². The first-order valence-corrected chi connectivity index (χ1v) is 8.24. The fraction of sp³-hybridized carbons (Fsp3) is 0.312. The second-order valence-electron chi connectivity index (χ2n) is 5.10. The van der Waals surface area contributed by atoms with E-state index >= 15 is 0 Å². The highest BCUT2D eigenvalue weighted by Crippen LogP contribution is 2.21. The van der Waals surface area contributed by atoms with E-state index in [-0.39, 0.29) is 11.7 Å². The van der Waals surface area contributed by atoms with Gasteiger partial charge in [-0.25, -0.2) is 9.97 Å². The molecular formula is C16H18ClN3OS. The lowest BCUT2D eigenvalue weighted by atomic mass is 10.2. The number of carbonyl (C=O) groups is 1. The molecule has 0 aliphatic heterocycles. The molecule has 0 saturated carbocycles. The maximum Gasteiger partial charge on any atom is 0.234 e. The monoisotopic (exact) mass is 335 g/mol. The number of rotatable bonds is 4. The van der Waals surface area contributed by atoms with Gasteiger partial charge in [0.2, 0.25) is 5.91 Å². The summed E-state index contributed by atoms with van der Waals surface area (Å²) in [5.74, 6) is 0.180. The Balaban J connectivity index is 1.98. The molecule has 0 fully saturated rings. The molecule has 2 rings (SSSR count). The van der Waals surface area contributed by atoms with Crippen LogP contribution >= 0.6 is 23.4 Å². The Morgan fingerprint density at radius 3 is 2.41 bits per heavy atom. The van der Waals surface area contributed by atoms with Crippen LogP contribution in [0, 0.1) is 27.7 Å². The van der Waals surface area contributed by atoms with Crippen molar-refractivity contribution in [1.82, 2.24) is 9.97 Å². The van der Waals surface area contributed by atoms with Crippen molar-refractivity contribution in [1.29, 1.82) is 0 Å². The lowest BCUT2D eigenvalue weighted by Crippen LogP contribution is -2.15. The normalized spacial score (nSPS) is 10.6. The van der Waals surface area contributed by atoms with Gasteiger partial charge < -0.3 is 5.32 Å². The molecule has 0 saturated heterocycles. The topological polar surface area (TPSA) is 54.9 Å². The molecular weight excluding hydrogens is 318 g/mol. The molecule has 0 spiro atoms. The van der Waals surface area contributed by atoms with Gasteiger partial charge in [-0.05, 0) is 57.0 Å². The molecule has 0 radical (unpaired) electrons. The first-order valence-electron chi connectivity index (χ1n) is 6.87. The predicted octanol–water partition coefficient (Wildman–Crippen LogP) is 4.09. The van der Waals surface area contributed by atoms with E-state index in [1.54, 1.807) is 12.1 Å². The smallest absolute Gasteiger partial charge is 0.234 e. The lowest BCUT2D eigenvalue weighted by molar-refractivity contribution is -0.113. The summed E-state index contributed by atoms with van der Waals surface area (Å²) in [4.78, 5) is 20.8. The van der Waals surface area contributed by atoms with Crippen LogP contribution in [0.1, 0.15) is 22.5 Å². The molecule has 1 amide bonds. The van der Waals surface area contributed by atoms with Crippen molar-refractivity contribution in [3.63, 3.8) is 0 Å². The Hall–Kier alpha value is -1.59. The summed E-state index contributed by atoms with van der Waals surface area (Å²) in [7, 11) is 0. The van der Waals surface area contributed by atoms with Gasteiger partial charge in [-0.3, -0.25) is 4.79 Å². The highest BCUT2D eigenvalue weighted by Gasteiger charge is 2.09. The summed E-state index contributed by atoms with van der Waals surface area (Å²) in [6.07, 6.45) is 0. The Kier molecular flexibility index (Phi) is 5.42. The van der Waals surface area contributed by atoms with E-state index in [9.17, 15) is 4.79 Å². The second kappa shape index (κ2) is 7.11. The lowest BCUT2D eigenvalue weighted by Gasteiger charge is -2.09. The van der Waals surface area contributed by atoms with Gasteiger partial charge in [-0.1, -0.05) is 23.4 Å². The van der Waals surface area contributed by atoms with E-state index < -0.39 is 0 Å². The van der Waals surface area contributed by atoms with Gasteiger partial charge in [0.1, 0.15) is 0 Å². The maximum atomic E-state index is 12.0. The van der Waals surface area contributed by atoms with Gasteiger partial charge in [0.15, 0.2) is 5.16 Å². The first kappa shape index (κ1) is 16.8. The molecule has 6 heteroatoms. The molecule has 1 aromatic carbocycles. The zero-order valence-corrected chi connectivity index (χ0v) is 14.6. The molecule has 4 nitrogen and oxygen atoms in total. The number of nitrogens with one attached hydrogen (secondary N) is 1. The molecule has 1 heterocycles. The number of anilines is 1. The van der Waals surface area contributed by atoms with Crippen molar-refractivity contribution < 1.29 is 4.79 Å². The number of hydrogen-bond acceptors (Lipinski definition) is 4. The highest BCUT2D eigenvalue weighted by atomic mass is 35.5. The van der Waals surface area contributed by atoms with E-state index in [1.165, 1.54) is 11.8 Å². The highest BCUT2D eigenvalue weighted by molar-refractivity contribution is 7.99. The van der Waals surface area contributed by atoms with Gasteiger partial charge >= 0.3 is 0 Å². The van der Waals surface area contributed by atoms with Crippen LogP contribution in [0.3, 0.4) is 0 Å². The van der Waals surface area contributed by atoms with Crippen molar-refractivity contribution in [2.75, 3.05) is 11.1 Å². The Labute approximate surface area is 139 Å². The molecule has 116 valence electrons. The zero-order valence-electron chi connectivity index (χ0n) is 13.0. The molecule has 0 bridgehead atoms. The summed E-state index contributed by atoms with van der Waals surface area (Å²) in [6, 6.07) is 5.38. The van der Waals surface area contributed by atoms with Crippen LogP contribution in [-0.4, -0.2) is 21.6 Å². The van der Waals surface area contributed by atoms with Crippen molar-refractivity contribution in [3.05, 3.63) is 45.7 Å². The average molecular weight is 336 g/mol. The first-order chi connectivity index (χ1) is 10.4. The fourth-order valence-electron chi connectivity index (χ4n) is 1.89. The van der Waals surface area contributed by atoms with Crippen LogP contribution in [0.25, 0.3) is 0 Å². The van der Waals surface area contributed by atoms with Gasteiger partial charge in [-0.2, -0.15) is 0 Å². The molecule has 0 atom stereocenters. The third kappa shape index (κ3) is 4.21. The van der Waals surface area contributed by atoms with Crippen LogP contribution in [0.5, 0.6) is 0 Å². The summed E-state index contributed by atoms with van der Waals surface area (Å²) < 4.78 is 0. The number of hydrogen-bond donors (Lipinski definition) is 1. The molecule has 2 aromatic rings. The van der Waals surface area contributed by atoms with Crippen molar-refractivity contribution in [2.24, 2.45) is 0 Å². The number of carbonyl (C=O) groups excluding carboxylic acids is 1. The minimum Gasteiger partial charge on any atom is -0.325 e. The summed E-state index contributed by atoms with van der Waals surface area (Å²) in [5.41, 5.74) is 4.69. The average Bonchev–Trinajstić information content (AvgIpc) is 2.45. The van der Waals surface area contributed by atoms with E-state index in [4.69, 9.17) is 11.6 Å². The van der Waals surface area contributed by atoms with Crippen LogP contribution in [0.4, 0.5) is 5.69 Å². The van der Waals surface area contributed by atoms with E-state index in [0.29, 0.717) is 10.2 Å². The number of halogens is 1. The zero-order chi connectivity index (χ0) is 16.3. The Bertz CT molecular complexity index is 696. The second-order valence-corrected chi connectivity index (χ2v) is 6.48. The molecule has 0 aliphatic carbocycles. The van der Waals surface area contributed by atoms with E-state index in [2.05, 4.69) is 15.3 Å². The third-order valence-electron chi connectivity index (χ3n) is 3.41. The molecule has 1 N–H and O–H groups in total. The molecule has 0 aliphatic rings. The van der Waals surface area contributed by atoms with Crippen LogP contribution in [-0.2, 0) is 4.79 Å². The summed E-state index contributed by atoms with van der Waals surface area (Å²) >= 11 is 7.24. The Morgan fingerprint density at radius 1 is 1.18 bits per heavy atom. The summed E-state index contributed by atoms with van der Waals surface area (Å²) in [6.45, 7) is 7.80. The van der Waals surface area contributed by atoms with Crippen LogP contribution in [0.2, 0.25) is 5.02 Å². The van der Waals surface area contributed by atoms with Gasteiger partial charge in [0, 0.05) is 22.1 Å². The maximum absolute atomic E-state index is 12.0. The Morgan fingerprint density at radius 2 is 1.82 bits per heavy atom. The largest absolute Gasteiger partial charge is 0.325 e. The van der Waals surface area contributed by atoms with Gasteiger partial charge in [0.25, 0.3) is 0 Å². The van der Waals surface area contributed by atoms with Crippen molar-refractivity contribution in [3.8, 4) is 0 Å². The van der Waals surface area contributed by atoms with Gasteiger partial charge in [-0.15, -0.1) is 0 Å². The number of aryl methyl sites for hydroxylation is 3. The SMILES string of the molecule is Cc1cc(Cl)ccc1NC(=O)CSc1nc(C)c(C)c(C)n1. The van der Waals surface area contributed by atoms with Crippen molar-refractivity contribution in [2.45, 2.75) is 32.9 Å². The number of thioether (sulfide) groups is 1. The van der Waals surface area contributed by atoms with Crippen LogP contribution in [0.15, 0.2) is 23.4 Å². The number of amides is 1. The quantitative estimate of drug-likeness (QED) is 0.675. The fourth-order valence-corrected chi connectivity index (χ4v) is 2.85.